The Balaban J connectivity index is 1.60. The molecule has 0 saturated carbocycles. The number of carbonyl (C=O) groups is 1. The molecule has 144 valence electrons. The first-order valence-corrected chi connectivity index (χ1v) is 11.0. The van der Waals surface area contributed by atoms with E-state index < -0.39 is 10.0 Å². The predicted octanol–water partition coefficient (Wildman–Crippen LogP) is 3.20. The van der Waals surface area contributed by atoms with Crippen molar-refractivity contribution in [2.45, 2.75) is 25.1 Å². The van der Waals surface area contributed by atoms with Crippen molar-refractivity contribution >= 4 is 27.5 Å². The zero-order chi connectivity index (χ0) is 19.3. The van der Waals surface area contributed by atoms with E-state index in [1.807, 2.05) is 30.3 Å². The normalized spacial score (nSPS) is 18.2. The number of rotatable bonds is 6. The van der Waals surface area contributed by atoms with Gasteiger partial charge in [0.1, 0.15) is 0 Å². The fourth-order valence-corrected chi connectivity index (χ4v) is 5.08. The molecule has 1 aliphatic rings. The molecule has 1 atom stereocenters. The third-order valence-corrected chi connectivity index (χ3v) is 6.75. The third kappa shape index (κ3) is 5.54. The van der Waals surface area contributed by atoms with Gasteiger partial charge in [-0.2, -0.15) is 0 Å². The molecule has 27 heavy (non-hydrogen) atoms. The molecule has 0 radical (unpaired) electrons. The molecule has 1 heterocycles. The Morgan fingerprint density at radius 3 is 2.59 bits per heavy atom. The number of nitrogens with one attached hydrogen (secondary N) is 1. The SMILES string of the molecule is O=C(NCc1ccccc1)C1CCCN(S(=O)(=O)Cc2cccc(Cl)c2)C1. The molecular formula is C20H23ClN2O3S. The van der Waals surface area contributed by atoms with Crippen LogP contribution in [0.15, 0.2) is 54.6 Å². The summed E-state index contributed by atoms with van der Waals surface area (Å²) >= 11 is 5.95. The molecule has 1 fully saturated rings. The van der Waals surface area contributed by atoms with Crippen molar-refractivity contribution in [1.29, 1.82) is 0 Å². The molecule has 3 rings (SSSR count). The van der Waals surface area contributed by atoms with Crippen LogP contribution < -0.4 is 5.32 Å². The molecule has 1 aliphatic heterocycles. The van der Waals surface area contributed by atoms with Crippen LogP contribution >= 0.6 is 11.6 Å². The lowest BCUT2D eigenvalue weighted by atomic mass is 9.99. The average Bonchev–Trinajstić information content (AvgIpc) is 2.67. The second-order valence-electron chi connectivity index (χ2n) is 6.79. The summed E-state index contributed by atoms with van der Waals surface area (Å²) in [6.07, 6.45) is 1.38. The molecule has 2 aromatic carbocycles. The second-order valence-corrected chi connectivity index (χ2v) is 9.19. The van der Waals surface area contributed by atoms with Gasteiger partial charge in [-0.05, 0) is 36.1 Å². The highest BCUT2D eigenvalue weighted by Gasteiger charge is 2.32. The van der Waals surface area contributed by atoms with Crippen LogP contribution in [0.3, 0.4) is 0 Å². The van der Waals surface area contributed by atoms with Crippen molar-refractivity contribution < 1.29 is 13.2 Å². The van der Waals surface area contributed by atoms with Crippen LogP contribution in [0.4, 0.5) is 0 Å². The number of hydrogen-bond acceptors (Lipinski definition) is 3. The Bertz CT molecular complexity index is 887. The number of benzene rings is 2. The maximum absolute atomic E-state index is 12.8. The van der Waals surface area contributed by atoms with Crippen molar-refractivity contribution in [1.82, 2.24) is 9.62 Å². The molecule has 7 heteroatoms. The van der Waals surface area contributed by atoms with E-state index in [2.05, 4.69) is 5.32 Å². The monoisotopic (exact) mass is 406 g/mol. The quantitative estimate of drug-likeness (QED) is 0.801. The fourth-order valence-electron chi connectivity index (χ4n) is 3.27. The lowest BCUT2D eigenvalue weighted by molar-refractivity contribution is -0.126. The standard InChI is InChI=1S/C20H23ClN2O3S/c21-19-10-4-8-17(12-19)15-27(25,26)23-11-5-9-18(14-23)20(24)22-13-16-6-2-1-3-7-16/h1-4,6-8,10,12,18H,5,9,11,13-15H2,(H,22,24). The summed E-state index contributed by atoms with van der Waals surface area (Å²) in [5.74, 6) is -0.524. The van der Waals surface area contributed by atoms with E-state index in [1.165, 1.54) is 4.31 Å². The second kappa shape index (κ2) is 8.87. The van der Waals surface area contributed by atoms with Crippen molar-refractivity contribution in [3.63, 3.8) is 0 Å². The molecule has 0 aliphatic carbocycles. The van der Waals surface area contributed by atoms with E-state index in [0.29, 0.717) is 36.5 Å². The van der Waals surface area contributed by atoms with Gasteiger partial charge in [0.25, 0.3) is 0 Å². The van der Waals surface area contributed by atoms with E-state index in [9.17, 15) is 13.2 Å². The number of halogens is 1. The summed E-state index contributed by atoms with van der Waals surface area (Å²) in [5, 5.41) is 3.43. The summed E-state index contributed by atoms with van der Waals surface area (Å²) < 4.78 is 27.0. The average molecular weight is 407 g/mol. The fraction of sp³-hybridized carbons (Fsp3) is 0.350. The van der Waals surface area contributed by atoms with Gasteiger partial charge in [-0.3, -0.25) is 4.79 Å². The van der Waals surface area contributed by atoms with Crippen LogP contribution in [-0.4, -0.2) is 31.7 Å². The van der Waals surface area contributed by atoms with Gasteiger partial charge in [0.05, 0.1) is 11.7 Å². The summed E-state index contributed by atoms with van der Waals surface area (Å²) in [4.78, 5) is 12.5. The van der Waals surface area contributed by atoms with Crippen LogP contribution in [0.1, 0.15) is 24.0 Å². The smallest absolute Gasteiger partial charge is 0.224 e. The Labute approximate surface area is 165 Å². The first-order chi connectivity index (χ1) is 12.9. The highest BCUT2D eigenvalue weighted by molar-refractivity contribution is 7.88. The van der Waals surface area contributed by atoms with Gasteiger partial charge in [0.2, 0.25) is 15.9 Å². The highest BCUT2D eigenvalue weighted by atomic mass is 35.5. The van der Waals surface area contributed by atoms with Crippen molar-refractivity contribution in [3.05, 3.63) is 70.7 Å². The number of sulfonamides is 1. The molecule has 1 saturated heterocycles. The van der Waals surface area contributed by atoms with Gasteiger partial charge in [0.15, 0.2) is 0 Å². The predicted molar refractivity (Wildman–Crippen MR) is 107 cm³/mol. The molecule has 2 aromatic rings. The zero-order valence-electron chi connectivity index (χ0n) is 15.0. The molecule has 1 amide bonds. The molecular weight excluding hydrogens is 384 g/mol. The lowest BCUT2D eigenvalue weighted by Crippen LogP contribution is -2.45. The Hall–Kier alpha value is -1.89. The van der Waals surface area contributed by atoms with Gasteiger partial charge in [-0.25, -0.2) is 12.7 Å². The van der Waals surface area contributed by atoms with Crippen LogP contribution in [0.25, 0.3) is 0 Å². The minimum atomic E-state index is -3.49. The van der Waals surface area contributed by atoms with Crippen LogP contribution in [0.5, 0.6) is 0 Å². The molecule has 0 spiro atoms. The summed E-state index contributed by atoms with van der Waals surface area (Å²) in [6, 6.07) is 16.5. The molecule has 1 unspecified atom stereocenters. The van der Waals surface area contributed by atoms with E-state index in [1.54, 1.807) is 24.3 Å². The van der Waals surface area contributed by atoms with Crippen molar-refractivity contribution in [2.24, 2.45) is 5.92 Å². The number of nitrogens with zero attached hydrogens (tertiary/aromatic N) is 1. The number of hydrogen-bond donors (Lipinski definition) is 1. The van der Waals surface area contributed by atoms with Crippen molar-refractivity contribution in [2.75, 3.05) is 13.1 Å². The molecule has 0 bridgehead atoms. The van der Waals surface area contributed by atoms with Crippen molar-refractivity contribution in [3.8, 4) is 0 Å². The van der Waals surface area contributed by atoms with Gasteiger partial charge in [-0.1, -0.05) is 54.1 Å². The van der Waals surface area contributed by atoms with Crippen LogP contribution in [-0.2, 0) is 27.1 Å². The minimum Gasteiger partial charge on any atom is -0.352 e. The molecule has 1 N–H and O–H groups in total. The van der Waals surface area contributed by atoms with Crippen LogP contribution in [0.2, 0.25) is 5.02 Å². The van der Waals surface area contributed by atoms with Gasteiger partial charge >= 0.3 is 0 Å². The lowest BCUT2D eigenvalue weighted by Gasteiger charge is -2.31. The van der Waals surface area contributed by atoms with Gasteiger partial charge in [-0.15, -0.1) is 0 Å². The first kappa shape index (κ1) is 19.9. The Kier molecular flexibility index (Phi) is 6.52. The number of piperidine rings is 1. The largest absolute Gasteiger partial charge is 0.352 e. The minimum absolute atomic E-state index is 0.0958. The van der Waals surface area contributed by atoms with E-state index >= 15 is 0 Å². The number of amides is 1. The summed E-state index contributed by atoms with van der Waals surface area (Å²) in [5.41, 5.74) is 1.67. The first-order valence-electron chi connectivity index (χ1n) is 8.98. The molecule has 0 aromatic heterocycles. The van der Waals surface area contributed by atoms with Gasteiger partial charge in [0, 0.05) is 24.7 Å². The topological polar surface area (TPSA) is 66.5 Å². The summed E-state index contributed by atoms with van der Waals surface area (Å²) in [6.45, 7) is 1.13. The highest BCUT2D eigenvalue weighted by Crippen LogP contribution is 2.22. The zero-order valence-corrected chi connectivity index (χ0v) is 16.5. The van der Waals surface area contributed by atoms with E-state index in [0.717, 1.165) is 5.56 Å². The third-order valence-electron chi connectivity index (χ3n) is 4.70. The maximum atomic E-state index is 12.8. The Morgan fingerprint density at radius 1 is 1.11 bits per heavy atom. The van der Waals surface area contributed by atoms with E-state index in [-0.39, 0.29) is 24.1 Å². The maximum Gasteiger partial charge on any atom is 0.224 e. The van der Waals surface area contributed by atoms with E-state index in [4.69, 9.17) is 11.6 Å². The number of carbonyl (C=O) groups excluding carboxylic acids is 1. The van der Waals surface area contributed by atoms with Gasteiger partial charge < -0.3 is 5.32 Å². The Morgan fingerprint density at radius 2 is 1.85 bits per heavy atom. The summed E-state index contributed by atoms with van der Waals surface area (Å²) in [7, 11) is -3.49. The molecule has 5 nitrogen and oxygen atoms in total. The van der Waals surface area contributed by atoms with Crippen LogP contribution in [0, 0.1) is 5.92 Å².